The van der Waals surface area contributed by atoms with Gasteiger partial charge in [-0.05, 0) is 64.9 Å². The first kappa shape index (κ1) is 32.1. The van der Waals surface area contributed by atoms with Crippen molar-refractivity contribution in [2.45, 2.75) is 71.7 Å². The first-order chi connectivity index (χ1) is 22.2. The Hall–Kier alpha value is -3.83. The first-order valence-corrected chi connectivity index (χ1v) is 16.6. The number of aromatic nitrogens is 3. The van der Waals surface area contributed by atoms with Gasteiger partial charge in [-0.15, -0.1) is 0 Å². The number of hydrogen-bond donors (Lipinski definition) is 0. The molecule has 2 aromatic heterocycles. The quantitative estimate of drug-likeness (QED) is 0.306. The molecular formula is C35H46FN7O3. The lowest BCUT2D eigenvalue weighted by atomic mass is 9.90. The van der Waals surface area contributed by atoms with Gasteiger partial charge in [0.1, 0.15) is 29.7 Å². The summed E-state index contributed by atoms with van der Waals surface area (Å²) in [5.74, 6) is 2.22. The van der Waals surface area contributed by atoms with Crippen LogP contribution >= 0.6 is 0 Å². The SMILES string of the molecule is CCN(C(=O)c1cc(F)ccc1Oc1cncnc1N1CCC(Oc2ccnc3c2CN(C(C)C2CN(C)C2)CC3)CC1)C(C)C. The number of likely N-dealkylation sites (tertiary alicyclic amines) is 1. The number of amides is 1. The van der Waals surface area contributed by atoms with Crippen LogP contribution in [0.15, 0.2) is 43.0 Å². The Balaban J connectivity index is 1.12. The highest BCUT2D eigenvalue weighted by atomic mass is 19.1. The molecule has 11 heteroatoms. The highest BCUT2D eigenvalue weighted by Crippen LogP contribution is 2.36. The monoisotopic (exact) mass is 631 g/mol. The number of carbonyl (C=O) groups is 1. The van der Waals surface area contributed by atoms with Crippen molar-refractivity contribution in [3.63, 3.8) is 0 Å². The largest absolute Gasteiger partial charge is 0.490 e. The summed E-state index contributed by atoms with van der Waals surface area (Å²) in [6.07, 6.45) is 7.62. The van der Waals surface area contributed by atoms with Crippen LogP contribution in [0, 0.1) is 11.7 Å². The van der Waals surface area contributed by atoms with E-state index in [1.54, 1.807) is 11.1 Å². The second-order valence-corrected chi connectivity index (χ2v) is 13.1. The van der Waals surface area contributed by atoms with E-state index in [0.717, 1.165) is 70.0 Å². The van der Waals surface area contributed by atoms with E-state index < -0.39 is 5.82 Å². The Morgan fingerprint density at radius 3 is 2.57 bits per heavy atom. The summed E-state index contributed by atoms with van der Waals surface area (Å²) >= 11 is 0. The van der Waals surface area contributed by atoms with Gasteiger partial charge in [-0.3, -0.25) is 14.7 Å². The Morgan fingerprint density at radius 2 is 1.85 bits per heavy atom. The minimum Gasteiger partial charge on any atom is -0.490 e. The predicted molar refractivity (Wildman–Crippen MR) is 175 cm³/mol. The van der Waals surface area contributed by atoms with Crippen molar-refractivity contribution in [3.05, 3.63) is 65.6 Å². The highest BCUT2D eigenvalue weighted by molar-refractivity contribution is 5.97. The summed E-state index contributed by atoms with van der Waals surface area (Å²) in [4.78, 5) is 35.6. The van der Waals surface area contributed by atoms with Crippen LogP contribution in [-0.2, 0) is 13.0 Å². The number of halogens is 1. The summed E-state index contributed by atoms with van der Waals surface area (Å²) < 4.78 is 27.2. The molecule has 0 radical (unpaired) electrons. The molecule has 3 aliphatic heterocycles. The normalized spacial score (nSPS) is 18.6. The fourth-order valence-corrected chi connectivity index (χ4v) is 7.00. The van der Waals surface area contributed by atoms with Crippen LogP contribution in [0.1, 0.15) is 62.2 Å². The zero-order valence-electron chi connectivity index (χ0n) is 27.7. The van der Waals surface area contributed by atoms with Crippen LogP contribution in [0.2, 0.25) is 0 Å². The number of piperidine rings is 1. The minimum atomic E-state index is -0.494. The van der Waals surface area contributed by atoms with Crippen LogP contribution in [0.4, 0.5) is 10.2 Å². The van der Waals surface area contributed by atoms with Gasteiger partial charge in [-0.1, -0.05) is 0 Å². The topological polar surface area (TPSA) is 87.2 Å². The van der Waals surface area contributed by atoms with E-state index in [1.807, 2.05) is 33.0 Å². The summed E-state index contributed by atoms with van der Waals surface area (Å²) in [5.41, 5.74) is 2.55. The molecule has 46 heavy (non-hydrogen) atoms. The van der Waals surface area contributed by atoms with Crippen molar-refractivity contribution >= 4 is 11.7 Å². The van der Waals surface area contributed by atoms with Crippen molar-refractivity contribution < 1.29 is 18.7 Å². The third kappa shape index (κ3) is 6.80. The zero-order valence-corrected chi connectivity index (χ0v) is 27.7. The molecule has 1 unspecified atom stereocenters. The summed E-state index contributed by atoms with van der Waals surface area (Å²) in [6.45, 7) is 14.3. The number of nitrogens with zero attached hydrogens (tertiary/aromatic N) is 7. The predicted octanol–water partition coefficient (Wildman–Crippen LogP) is 5.03. The molecule has 3 aromatic rings. The second-order valence-electron chi connectivity index (χ2n) is 13.1. The molecule has 6 rings (SSSR count). The molecule has 3 aliphatic rings. The van der Waals surface area contributed by atoms with Crippen molar-refractivity contribution in [1.29, 1.82) is 0 Å². The van der Waals surface area contributed by atoms with Gasteiger partial charge in [0.25, 0.3) is 5.91 Å². The van der Waals surface area contributed by atoms with E-state index in [1.165, 1.54) is 30.1 Å². The number of anilines is 1. The Bertz CT molecular complexity index is 1520. The summed E-state index contributed by atoms with van der Waals surface area (Å²) in [7, 11) is 2.19. The van der Waals surface area contributed by atoms with Gasteiger partial charge in [0.05, 0.1) is 11.8 Å². The van der Waals surface area contributed by atoms with Gasteiger partial charge in [0.2, 0.25) is 0 Å². The molecular weight excluding hydrogens is 585 g/mol. The van der Waals surface area contributed by atoms with Crippen LogP contribution in [0.3, 0.4) is 0 Å². The Kier molecular flexibility index (Phi) is 9.70. The lowest BCUT2D eigenvalue weighted by Gasteiger charge is -2.45. The maximum atomic E-state index is 14.3. The van der Waals surface area contributed by atoms with Crippen molar-refractivity contribution in [3.8, 4) is 17.2 Å². The molecule has 0 saturated carbocycles. The molecule has 0 N–H and O–H groups in total. The number of rotatable bonds is 10. The van der Waals surface area contributed by atoms with E-state index in [-0.39, 0.29) is 29.4 Å². The number of carbonyl (C=O) groups excluding carboxylic acids is 1. The van der Waals surface area contributed by atoms with Crippen molar-refractivity contribution in [2.24, 2.45) is 5.92 Å². The van der Waals surface area contributed by atoms with E-state index in [4.69, 9.17) is 14.5 Å². The van der Waals surface area contributed by atoms with Crippen LogP contribution in [-0.4, -0.2) is 100 Å². The maximum absolute atomic E-state index is 14.3. The molecule has 2 saturated heterocycles. The average Bonchev–Trinajstić information content (AvgIpc) is 3.04. The molecule has 1 aromatic carbocycles. The first-order valence-electron chi connectivity index (χ1n) is 16.6. The molecule has 10 nitrogen and oxygen atoms in total. The molecule has 0 bridgehead atoms. The zero-order chi connectivity index (χ0) is 32.4. The average molecular weight is 632 g/mol. The van der Waals surface area contributed by atoms with E-state index in [9.17, 15) is 9.18 Å². The van der Waals surface area contributed by atoms with Gasteiger partial charge in [0.15, 0.2) is 11.6 Å². The standard InChI is InChI=1S/C35H46FN7O3/c1-6-43(23(2)3)35(44)28-17-26(36)7-8-31(28)46-33-18-37-22-39-34(33)41-14-10-27(11-15-41)45-32-9-13-38-30-12-16-42(21-29(30)32)24(4)25-19-40(5)20-25/h7-9,13,17-18,22-25,27H,6,10-12,14-16,19-21H2,1-5H3. The second kappa shape index (κ2) is 13.9. The number of ether oxygens (including phenoxy) is 2. The highest BCUT2D eigenvalue weighted by Gasteiger charge is 2.35. The molecule has 5 heterocycles. The molecule has 1 amide bonds. The fourth-order valence-electron chi connectivity index (χ4n) is 7.00. The van der Waals surface area contributed by atoms with Gasteiger partial charge in [-0.2, -0.15) is 0 Å². The van der Waals surface area contributed by atoms with Gasteiger partial charge in [-0.25, -0.2) is 14.4 Å². The van der Waals surface area contributed by atoms with E-state index >= 15 is 0 Å². The van der Waals surface area contributed by atoms with Gasteiger partial charge < -0.3 is 24.2 Å². The van der Waals surface area contributed by atoms with Crippen molar-refractivity contribution in [1.82, 2.24) is 29.7 Å². The van der Waals surface area contributed by atoms with Gasteiger partial charge >= 0.3 is 0 Å². The number of fused-ring (bicyclic) bond motifs is 1. The lowest BCUT2D eigenvalue weighted by molar-refractivity contribution is 0.0374. The molecule has 2 fully saturated rings. The Labute approximate surface area is 271 Å². The van der Waals surface area contributed by atoms with Crippen LogP contribution in [0.25, 0.3) is 0 Å². The smallest absolute Gasteiger partial charge is 0.257 e. The third-order valence-electron chi connectivity index (χ3n) is 9.76. The number of benzene rings is 1. The molecule has 1 atom stereocenters. The lowest BCUT2D eigenvalue weighted by Crippen LogP contribution is -2.54. The van der Waals surface area contributed by atoms with Gasteiger partial charge in [0, 0.05) is 94.6 Å². The molecule has 0 spiro atoms. The molecule has 0 aliphatic carbocycles. The molecule has 246 valence electrons. The maximum Gasteiger partial charge on any atom is 0.257 e. The Morgan fingerprint density at radius 1 is 1.07 bits per heavy atom. The summed E-state index contributed by atoms with van der Waals surface area (Å²) in [6, 6.07) is 6.55. The number of hydrogen-bond acceptors (Lipinski definition) is 9. The minimum absolute atomic E-state index is 0.0393. The summed E-state index contributed by atoms with van der Waals surface area (Å²) in [5, 5.41) is 0. The third-order valence-corrected chi connectivity index (χ3v) is 9.76. The number of pyridine rings is 1. The van der Waals surface area contributed by atoms with Crippen LogP contribution < -0.4 is 14.4 Å². The van der Waals surface area contributed by atoms with Crippen molar-refractivity contribution in [2.75, 3.05) is 51.2 Å². The van der Waals surface area contributed by atoms with E-state index in [2.05, 4.69) is 38.6 Å². The fraction of sp³-hybridized carbons (Fsp3) is 0.543. The van der Waals surface area contributed by atoms with Crippen LogP contribution in [0.5, 0.6) is 17.2 Å². The van der Waals surface area contributed by atoms with E-state index in [0.29, 0.717) is 30.1 Å².